The van der Waals surface area contributed by atoms with Gasteiger partial charge < -0.3 is 10.4 Å². The van der Waals surface area contributed by atoms with E-state index < -0.39 is 11.4 Å². The zero-order chi connectivity index (χ0) is 16.7. The summed E-state index contributed by atoms with van der Waals surface area (Å²) in [5, 5.41) is 12.6. The lowest BCUT2D eigenvalue weighted by molar-refractivity contribution is -0.142. The third-order valence-corrected chi connectivity index (χ3v) is 5.87. The van der Waals surface area contributed by atoms with E-state index in [0.717, 1.165) is 30.4 Å². The number of carbonyl (C=O) groups excluding carboxylic acids is 1. The molecule has 0 aromatic heterocycles. The van der Waals surface area contributed by atoms with Crippen LogP contribution in [0.2, 0.25) is 0 Å². The molecule has 1 aromatic carbocycles. The van der Waals surface area contributed by atoms with Gasteiger partial charge in [0, 0.05) is 5.54 Å². The summed E-state index contributed by atoms with van der Waals surface area (Å²) in [6.45, 7) is 3.89. The Labute approximate surface area is 137 Å². The molecule has 2 aliphatic rings. The molecule has 0 saturated heterocycles. The minimum atomic E-state index is -0.982. The fourth-order valence-corrected chi connectivity index (χ4v) is 4.22. The van der Waals surface area contributed by atoms with Crippen molar-refractivity contribution >= 4 is 11.9 Å². The van der Waals surface area contributed by atoms with Crippen molar-refractivity contribution < 1.29 is 14.7 Å². The summed E-state index contributed by atoms with van der Waals surface area (Å²) in [5.41, 5.74) is 0.883. The molecule has 1 amide bonds. The van der Waals surface area contributed by atoms with Crippen LogP contribution in [0.25, 0.3) is 0 Å². The first-order valence-corrected chi connectivity index (χ1v) is 8.53. The van der Waals surface area contributed by atoms with Crippen molar-refractivity contribution in [2.75, 3.05) is 0 Å². The SMILES string of the molecule is CCC(CC(=O)O)(C(=O)N[C@@]12CCC[C@@H]1C2)c1ccc(C)cc1. The lowest BCUT2D eigenvalue weighted by atomic mass is 9.74. The van der Waals surface area contributed by atoms with Gasteiger partial charge in [-0.05, 0) is 44.1 Å². The smallest absolute Gasteiger partial charge is 0.304 e. The van der Waals surface area contributed by atoms with Gasteiger partial charge >= 0.3 is 5.97 Å². The van der Waals surface area contributed by atoms with E-state index in [1.165, 1.54) is 6.42 Å². The molecule has 4 nitrogen and oxygen atoms in total. The van der Waals surface area contributed by atoms with Crippen LogP contribution < -0.4 is 5.32 Å². The van der Waals surface area contributed by atoms with Gasteiger partial charge in [0.2, 0.25) is 5.91 Å². The topological polar surface area (TPSA) is 66.4 Å². The van der Waals surface area contributed by atoms with Crippen LogP contribution in [0.1, 0.15) is 56.6 Å². The molecule has 2 N–H and O–H groups in total. The Kier molecular flexibility index (Phi) is 3.95. The van der Waals surface area contributed by atoms with Crippen molar-refractivity contribution in [2.24, 2.45) is 5.92 Å². The number of aliphatic carboxylic acids is 1. The maximum absolute atomic E-state index is 13.1. The quantitative estimate of drug-likeness (QED) is 0.847. The normalized spacial score (nSPS) is 27.8. The molecule has 2 fully saturated rings. The molecule has 23 heavy (non-hydrogen) atoms. The van der Waals surface area contributed by atoms with Gasteiger partial charge in [0.15, 0.2) is 0 Å². The number of rotatable bonds is 6. The van der Waals surface area contributed by atoms with Crippen LogP contribution in [-0.4, -0.2) is 22.5 Å². The Hall–Kier alpha value is -1.84. The second-order valence-electron chi connectivity index (χ2n) is 7.28. The van der Waals surface area contributed by atoms with Crippen LogP contribution in [0.4, 0.5) is 0 Å². The molecule has 1 aromatic rings. The Morgan fingerprint density at radius 1 is 1.35 bits per heavy atom. The van der Waals surface area contributed by atoms with Crippen molar-refractivity contribution in [3.8, 4) is 0 Å². The average molecular weight is 315 g/mol. The molecule has 3 atom stereocenters. The highest BCUT2D eigenvalue weighted by atomic mass is 16.4. The van der Waals surface area contributed by atoms with Crippen LogP contribution in [0.5, 0.6) is 0 Å². The summed E-state index contributed by atoms with van der Waals surface area (Å²) in [6.07, 6.45) is 4.74. The van der Waals surface area contributed by atoms with E-state index in [-0.39, 0.29) is 17.9 Å². The van der Waals surface area contributed by atoms with Gasteiger partial charge in [-0.25, -0.2) is 0 Å². The molecule has 2 saturated carbocycles. The first-order chi connectivity index (χ1) is 10.9. The van der Waals surface area contributed by atoms with Crippen LogP contribution in [0, 0.1) is 12.8 Å². The molecule has 3 rings (SSSR count). The molecule has 1 unspecified atom stereocenters. The predicted octanol–water partition coefficient (Wildman–Crippen LogP) is 3.18. The highest BCUT2D eigenvalue weighted by molar-refractivity contribution is 5.93. The Morgan fingerprint density at radius 3 is 2.52 bits per heavy atom. The molecular formula is C19H25NO3. The van der Waals surface area contributed by atoms with E-state index in [2.05, 4.69) is 5.32 Å². The van der Waals surface area contributed by atoms with Crippen LogP contribution in [0.3, 0.4) is 0 Å². The van der Waals surface area contributed by atoms with Gasteiger partial charge in [-0.15, -0.1) is 0 Å². The van der Waals surface area contributed by atoms with Gasteiger partial charge in [0.05, 0.1) is 11.8 Å². The lowest BCUT2D eigenvalue weighted by Gasteiger charge is -2.32. The zero-order valence-electron chi connectivity index (χ0n) is 13.9. The van der Waals surface area contributed by atoms with Crippen LogP contribution >= 0.6 is 0 Å². The first-order valence-electron chi connectivity index (χ1n) is 8.53. The summed E-state index contributed by atoms with van der Waals surface area (Å²) >= 11 is 0. The van der Waals surface area contributed by atoms with Crippen LogP contribution in [0.15, 0.2) is 24.3 Å². The van der Waals surface area contributed by atoms with Crippen LogP contribution in [-0.2, 0) is 15.0 Å². The third-order valence-electron chi connectivity index (χ3n) is 5.87. The Morgan fingerprint density at radius 2 is 2.04 bits per heavy atom. The molecule has 0 aliphatic heterocycles. The first kappa shape index (κ1) is 16.0. The highest BCUT2D eigenvalue weighted by Gasteiger charge is 2.59. The minimum absolute atomic E-state index is 0.0410. The second-order valence-corrected chi connectivity index (χ2v) is 7.28. The van der Waals surface area contributed by atoms with Crippen molar-refractivity contribution in [1.29, 1.82) is 0 Å². The fraction of sp³-hybridized carbons (Fsp3) is 0.579. The number of hydrogen-bond donors (Lipinski definition) is 2. The molecule has 0 spiro atoms. The molecule has 124 valence electrons. The molecule has 0 radical (unpaired) electrons. The number of amides is 1. The molecule has 0 bridgehead atoms. The average Bonchev–Trinajstić information content (AvgIpc) is 3.04. The van der Waals surface area contributed by atoms with Gasteiger partial charge in [0.25, 0.3) is 0 Å². The third kappa shape index (κ3) is 2.75. The van der Waals surface area contributed by atoms with E-state index in [4.69, 9.17) is 0 Å². The fourth-order valence-electron chi connectivity index (χ4n) is 4.22. The van der Waals surface area contributed by atoms with Gasteiger partial charge in [-0.1, -0.05) is 43.2 Å². The van der Waals surface area contributed by atoms with E-state index in [9.17, 15) is 14.7 Å². The Balaban J connectivity index is 1.92. The zero-order valence-corrected chi connectivity index (χ0v) is 13.9. The van der Waals surface area contributed by atoms with Crippen molar-refractivity contribution in [3.05, 3.63) is 35.4 Å². The summed E-state index contributed by atoms with van der Waals surface area (Å²) in [4.78, 5) is 24.6. The number of hydrogen-bond acceptors (Lipinski definition) is 2. The Bertz CT molecular complexity index is 624. The van der Waals surface area contributed by atoms with Crippen molar-refractivity contribution in [2.45, 2.75) is 63.3 Å². The highest BCUT2D eigenvalue weighted by Crippen LogP contribution is 2.56. The van der Waals surface area contributed by atoms with E-state index in [0.29, 0.717) is 12.3 Å². The van der Waals surface area contributed by atoms with E-state index in [1.54, 1.807) is 0 Å². The predicted molar refractivity (Wildman–Crippen MR) is 88.2 cm³/mol. The number of carbonyl (C=O) groups is 2. The largest absolute Gasteiger partial charge is 0.481 e. The maximum Gasteiger partial charge on any atom is 0.304 e. The number of carboxylic acid groups (broad SMARTS) is 1. The monoisotopic (exact) mass is 315 g/mol. The summed E-state index contributed by atoms with van der Waals surface area (Å²) in [6, 6.07) is 7.70. The second kappa shape index (κ2) is 5.66. The van der Waals surface area contributed by atoms with Crippen molar-refractivity contribution in [1.82, 2.24) is 5.32 Å². The number of nitrogens with one attached hydrogen (secondary N) is 1. The number of aryl methyl sites for hydroxylation is 1. The number of fused-ring (bicyclic) bond motifs is 1. The molecule has 2 aliphatic carbocycles. The van der Waals surface area contributed by atoms with Crippen molar-refractivity contribution in [3.63, 3.8) is 0 Å². The summed E-state index contributed by atoms with van der Waals surface area (Å²) in [5.74, 6) is -0.446. The van der Waals surface area contributed by atoms with Gasteiger partial charge in [-0.3, -0.25) is 9.59 Å². The molecular weight excluding hydrogens is 290 g/mol. The maximum atomic E-state index is 13.1. The summed E-state index contributed by atoms with van der Waals surface area (Å²) in [7, 11) is 0. The van der Waals surface area contributed by atoms with Gasteiger partial charge in [-0.2, -0.15) is 0 Å². The van der Waals surface area contributed by atoms with Gasteiger partial charge in [0.1, 0.15) is 0 Å². The standard InChI is InChI=1S/C19H25NO3/c1-3-18(12-16(21)22,14-8-6-13(2)7-9-14)17(23)20-19-10-4-5-15(19)11-19/h6-9,15H,3-5,10-12H2,1-2H3,(H,20,23)(H,21,22)/t15-,18?,19-/m1/s1. The molecule has 4 heteroatoms. The minimum Gasteiger partial charge on any atom is -0.481 e. The number of carboxylic acids is 1. The summed E-state index contributed by atoms with van der Waals surface area (Å²) < 4.78 is 0. The van der Waals surface area contributed by atoms with E-state index in [1.807, 2.05) is 38.1 Å². The number of benzene rings is 1. The molecule has 0 heterocycles. The lowest BCUT2D eigenvalue weighted by Crippen LogP contribution is -2.50. The van der Waals surface area contributed by atoms with E-state index >= 15 is 0 Å².